The molecule has 0 saturated carbocycles. The summed E-state index contributed by atoms with van der Waals surface area (Å²) < 4.78 is 0. The Morgan fingerprint density at radius 2 is 2.28 bits per heavy atom. The van der Waals surface area contributed by atoms with Crippen LogP contribution in [0.3, 0.4) is 0 Å². The van der Waals surface area contributed by atoms with Crippen molar-refractivity contribution in [2.45, 2.75) is 13.5 Å². The Morgan fingerprint density at radius 1 is 1.44 bits per heavy atom. The fourth-order valence-electron chi connectivity index (χ4n) is 1.44. The van der Waals surface area contributed by atoms with Gasteiger partial charge in [0.1, 0.15) is 18.3 Å². The quantitative estimate of drug-likeness (QED) is 0.650. The van der Waals surface area contributed by atoms with E-state index in [1.54, 1.807) is 25.3 Å². The molecule has 92 valence electrons. The second kappa shape index (κ2) is 5.17. The second-order valence-electron chi connectivity index (χ2n) is 3.67. The number of rotatable bonds is 4. The summed E-state index contributed by atoms with van der Waals surface area (Å²) in [6, 6.07) is 3.42. The first-order chi connectivity index (χ1) is 8.66. The van der Waals surface area contributed by atoms with Gasteiger partial charge in [-0.1, -0.05) is 0 Å². The Kier molecular flexibility index (Phi) is 3.42. The van der Waals surface area contributed by atoms with E-state index in [1.165, 1.54) is 12.5 Å². The van der Waals surface area contributed by atoms with E-state index >= 15 is 0 Å². The molecule has 0 aliphatic heterocycles. The summed E-state index contributed by atoms with van der Waals surface area (Å²) in [6.45, 7) is 2.17. The van der Waals surface area contributed by atoms with Crippen molar-refractivity contribution >= 4 is 11.5 Å². The molecule has 0 fully saturated rings. The first-order valence-electron chi connectivity index (χ1n) is 5.26. The highest BCUT2D eigenvalue weighted by Crippen LogP contribution is 2.18. The van der Waals surface area contributed by atoms with E-state index in [1.807, 2.05) is 0 Å². The zero-order chi connectivity index (χ0) is 13.0. The normalized spacial score (nSPS) is 10.1. The van der Waals surface area contributed by atoms with Gasteiger partial charge in [-0.2, -0.15) is 0 Å². The topological polar surface area (TPSA) is 93.8 Å². The third kappa shape index (κ3) is 2.76. The molecule has 2 heterocycles. The molecule has 0 atom stereocenters. The molecule has 0 bridgehead atoms. The van der Waals surface area contributed by atoms with Gasteiger partial charge in [-0.25, -0.2) is 15.0 Å². The fourth-order valence-corrected chi connectivity index (χ4v) is 1.44. The van der Waals surface area contributed by atoms with Gasteiger partial charge in [0.2, 0.25) is 0 Å². The Balaban J connectivity index is 2.07. The highest BCUT2D eigenvalue weighted by atomic mass is 16.6. The van der Waals surface area contributed by atoms with Crippen molar-refractivity contribution < 1.29 is 4.92 Å². The number of hydrogen-bond acceptors (Lipinski definition) is 6. The predicted octanol–water partition coefficient (Wildman–Crippen LogP) is 1.70. The number of nitrogens with zero attached hydrogens (tertiary/aromatic N) is 4. The molecule has 0 aliphatic carbocycles. The molecule has 2 aromatic heterocycles. The second-order valence-corrected chi connectivity index (χ2v) is 3.67. The van der Waals surface area contributed by atoms with Gasteiger partial charge in [0.05, 0.1) is 17.2 Å². The first-order valence-corrected chi connectivity index (χ1v) is 5.26. The van der Waals surface area contributed by atoms with Gasteiger partial charge in [0.15, 0.2) is 0 Å². The number of nitrogens with one attached hydrogen (secondary N) is 1. The van der Waals surface area contributed by atoms with E-state index in [9.17, 15) is 10.1 Å². The predicted molar refractivity (Wildman–Crippen MR) is 65.0 cm³/mol. The molecule has 0 spiro atoms. The number of aromatic nitrogens is 3. The Hall–Kier alpha value is -2.57. The summed E-state index contributed by atoms with van der Waals surface area (Å²) in [5.41, 5.74) is 1.41. The van der Waals surface area contributed by atoms with E-state index in [4.69, 9.17) is 0 Å². The molecule has 1 N–H and O–H groups in total. The maximum Gasteiger partial charge on any atom is 0.290 e. The van der Waals surface area contributed by atoms with Crippen LogP contribution in [0.2, 0.25) is 0 Å². The van der Waals surface area contributed by atoms with Crippen molar-refractivity contribution in [1.29, 1.82) is 0 Å². The summed E-state index contributed by atoms with van der Waals surface area (Å²) in [7, 11) is 0. The van der Waals surface area contributed by atoms with Crippen LogP contribution < -0.4 is 5.32 Å². The molecule has 0 amide bonds. The number of pyridine rings is 1. The maximum absolute atomic E-state index is 10.6. The lowest BCUT2D eigenvalue weighted by molar-refractivity contribution is -0.385. The lowest BCUT2D eigenvalue weighted by Gasteiger charge is -2.05. The van der Waals surface area contributed by atoms with Crippen molar-refractivity contribution in [2.24, 2.45) is 0 Å². The van der Waals surface area contributed by atoms with E-state index in [0.29, 0.717) is 17.9 Å². The van der Waals surface area contributed by atoms with E-state index in [2.05, 4.69) is 20.3 Å². The van der Waals surface area contributed by atoms with Crippen molar-refractivity contribution in [2.75, 3.05) is 5.32 Å². The van der Waals surface area contributed by atoms with Crippen molar-refractivity contribution in [3.63, 3.8) is 0 Å². The smallest absolute Gasteiger partial charge is 0.290 e. The van der Waals surface area contributed by atoms with Crippen LogP contribution in [-0.4, -0.2) is 19.9 Å². The molecule has 0 aliphatic rings. The molecule has 0 radical (unpaired) electrons. The number of hydrogen-bond donors (Lipinski definition) is 1. The minimum absolute atomic E-state index is 0.0163. The molecule has 7 heteroatoms. The van der Waals surface area contributed by atoms with Crippen LogP contribution in [0, 0.1) is 17.0 Å². The van der Waals surface area contributed by atoms with E-state index < -0.39 is 4.92 Å². The van der Waals surface area contributed by atoms with Crippen LogP contribution in [0.4, 0.5) is 11.5 Å². The van der Waals surface area contributed by atoms with Gasteiger partial charge in [-0.05, 0) is 19.1 Å². The van der Waals surface area contributed by atoms with Crippen LogP contribution in [0.1, 0.15) is 11.3 Å². The van der Waals surface area contributed by atoms with Gasteiger partial charge in [-0.15, -0.1) is 0 Å². The summed E-state index contributed by atoms with van der Waals surface area (Å²) >= 11 is 0. The highest BCUT2D eigenvalue weighted by molar-refractivity contribution is 5.46. The SMILES string of the molecule is Cc1cc(NCc2ccncn2)ncc1[N+](=O)[O-]. The van der Waals surface area contributed by atoms with E-state index in [-0.39, 0.29) is 5.69 Å². The lowest BCUT2D eigenvalue weighted by Crippen LogP contribution is -2.04. The standard InChI is InChI=1S/C11H11N5O2/c1-8-4-11(14-6-10(8)16(17)18)13-5-9-2-3-12-7-15-9/h2-4,6-7H,5H2,1H3,(H,13,14). The Bertz CT molecular complexity index is 559. The number of anilines is 1. The van der Waals surface area contributed by atoms with Gasteiger partial charge < -0.3 is 5.32 Å². The Labute approximate surface area is 103 Å². The summed E-state index contributed by atoms with van der Waals surface area (Å²) in [5, 5.41) is 13.7. The molecule has 0 aromatic carbocycles. The fraction of sp³-hybridized carbons (Fsp3) is 0.182. The summed E-state index contributed by atoms with van der Waals surface area (Å²) in [6.07, 6.45) is 4.36. The van der Waals surface area contributed by atoms with Crippen LogP contribution in [0.15, 0.2) is 30.9 Å². The van der Waals surface area contributed by atoms with Crippen LogP contribution in [0.5, 0.6) is 0 Å². The first kappa shape index (κ1) is 11.9. The van der Waals surface area contributed by atoms with E-state index in [0.717, 1.165) is 5.69 Å². The maximum atomic E-state index is 10.6. The average molecular weight is 245 g/mol. The molecule has 2 aromatic rings. The molecule has 0 unspecified atom stereocenters. The number of nitro groups is 1. The molecular formula is C11H11N5O2. The van der Waals surface area contributed by atoms with Gasteiger partial charge in [0, 0.05) is 11.8 Å². The van der Waals surface area contributed by atoms with Gasteiger partial charge in [0.25, 0.3) is 5.69 Å². The van der Waals surface area contributed by atoms with Crippen LogP contribution >= 0.6 is 0 Å². The third-order valence-electron chi connectivity index (χ3n) is 2.37. The lowest BCUT2D eigenvalue weighted by atomic mass is 10.2. The molecular weight excluding hydrogens is 234 g/mol. The van der Waals surface area contributed by atoms with Crippen molar-refractivity contribution in [3.05, 3.63) is 52.2 Å². The third-order valence-corrected chi connectivity index (χ3v) is 2.37. The molecule has 0 saturated heterocycles. The molecule has 2 rings (SSSR count). The minimum atomic E-state index is -0.448. The minimum Gasteiger partial charge on any atom is -0.364 e. The molecule has 18 heavy (non-hydrogen) atoms. The summed E-state index contributed by atoms with van der Waals surface area (Å²) in [4.78, 5) is 22.0. The van der Waals surface area contributed by atoms with Gasteiger partial charge >= 0.3 is 0 Å². The van der Waals surface area contributed by atoms with Crippen LogP contribution in [0.25, 0.3) is 0 Å². The molecule has 7 nitrogen and oxygen atoms in total. The highest BCUT2D eigenvalue weighted by Gasteiger charge is 2.11. The zero-order valence-corrected chi connectivity index (χ0v) is 9.70. The van der Waals surface area contributed by atoms with Crippen LogP contribution in [-0.2, 0) is 6.54 Å². The van der Waals surface area contributed by atoms with Gasteiger partial charge in [-0.3, -0.25) is 10.1 Å². The Morgan fingerprint density at radius 3 is 2.89 bits per heavy atom. The average Bonchev–Trinajstić information content (AvgIpc) is 2.37. The van der Waals surface area contributed by atoms with Crippen molar-refractivity contribution in [3.8, 4) is 0 Å². The zero-order valence-electron chi connectivity index (χ0n) is 9.70. The monoisotopic (exact) mass is 245 g/mol. The number of aryl methyl sites for hydroxylation is 1. The summed E-state index contributed by atoms with van der Waals surface area (Å²) in [5.74, 6) is 0.580. The van der Waals surface area contributed by atoms with Crippen molar-refractivity contribution in [1.82, 2.24) is 15.0 Å². The largest absolute Gasteiger partial charge is 0.364 e.